The number of hydrogen-bond donors (Lipinski definition) is 1. The van der Waals surface area contributed by atoms with Crippen LogP contribution in [0.2, 0.25) is 0 Å². The van der Waals surface area contributed by atoms with Crippen LogP contribution >= 0.6 is 11.3 Å². The molecule has 0 saturated heterocycles. The highest BCUT2D eigenvalue weighted by atomic mass is 32.1. The Labute approximate surface area is 81.5 Å². The van der Waals surface area contributed by atoms with Crippen molar-refractivity contribution in [3.05, 3.63) is 28.0 Å². The predicted octanol–water partition coefficient (Wildman–Crippen LogP) is 2.00. The number of nitrogens with one attached hydrogen (secondary N) is 1. The highest BCUT2D eigenvalue weighted by Crippen LogP contribution is 2.27. The lowest BCUT2D eigenvalue weighted by Gasteiger charge is -2.12. The molecule has 0 radical (unpaired) electrons. The van der Waals surface area contributed by atoms with Crippen LogP contribution in [0, 0.1) is 11.3 Å². The quantitative estimate of drug-likeness (QED) is 0.735. The van der Waals surface area contributed by atoms with Gasteiger partial charge in [0.15, 0.2) is 0 Å². The molecule has 0 unspecified atom stereocenters. The first-order chi connectivity index (χ1) is 6.42. The lowest BCUT2D eigenvalue weighted by molar-refractivity contribution is 0.739. The predicted molar refractivity (Wildman–Crippen MR) is 54.5 cm³/mol. The summed E-state index contributed by atoms with van der Waals surface area (Å²) in [5, 5.41) is 14.1. The van der Waals surface area contributed by atoms with Gasteiger partial charge < -0.3 is 5.32 Å². The summed E-state index contributed by atoms with van der Waals surface area (Å²) in [5.41, 5.74) is 2.14. The summed E-state index contributed by atoms with van der Waals surface area (Å²) in [6.07, 6.45) is 3.21. The number of nitriles is 1. The van der Waals surface area contributed by atoms with E-state index < -0.39 is 0 Å². The van der Waals surface area contributed by atoms with Crippen molar-refractivity contribution in [2.24, 2.45) is 0 Å². The Morgan fingerprint density at radius 2 is 2.46 bits per heavy atom. The van der Waals surface area contributed by atoms with Gasteiger partial charge >= 0.3 is 0 Å². The minimum Gasteiger partial charge on any atom is -0.313 e. The first-order valence-electron chi connectivity index (χ1n) is 4.29. The molecule has 2 rings (SSSR count). The standard InChI is InChI=1S/C10H10N2S/c11-7-9-3-6-13-10(9)8-1-4-12-5-2-8/h1,3,6,12H,2,4-5H2. The SMILES string of the molecule is N#Cc1ccsc1C1=CCNCC1. The van der Waals surface area contributed by atoms with Gasteiger partial charge in [0, 0.05) is 11.4 Å². The zero-order valence-electron chi connectivity index (χ0n) is 7.21. The summed E-state index contributed by atoms with van der Waals surface area (Å²) in [4.78, 5) is 1.16. The van der Waals surface area contributed by atoms with E-state index >= 15 is 0 Å². The monoisotopic (exact) mass is 190 g/mol. The minimum atomic E-state index is 0.818. The Bertz CT molecular complexity index is 371. The largest absolute Gasteiger partial charge is 0.313 e. The van der Waals surface area contributed by atoms with Gasteiger partial charge in [-0.2, -0.15) is 5.26 Å². The zero-order chi connectivity index (χ0) is 9.10. The Kier molecular flexibility index (Phi) is 2.44. The molecule has 0 saturated carbocycles. The van der Waals surface area contributed by atoms with Crippen molar-refractivity contribution < 1.29 is 0 Å². The molecule has 0 spiro atoms. The van der Waals surface area contributed by atoms with E-state index in [0.29, 0.717) is 0 Å². The summed E-state index contributed by atoms with van der Waals surface area (Å²) in [5.74, 6) is 0. The lowest BCUT2D eigenvalue weighted by Crippen LogP contribution is -2.19. The lowest BCUT2D eigenvalue weighted by atomic mass is 10.1. The van der Waals surface area contributed by atoms with Crippen LogP contribution in [-0.4, -0.2) is 13.1 Å². The first-order valence-corrected chi connectivity index (χ1v) is 5.17. The Morgan fingerprint density at radius 1 is 1.54 bits per heavy atom. The van der Waals surface area contributed by atoms with Crippen LogP contribution in [0.5, 0.6) is 0 Å². The molecule has 0 fully saturated rings. The molecule has 1 aromatic rings. The van der Waals surface area contributed by atoms with Crippen molar-refractivity contribution in [3.63, 3.8) is 0 Å². The number of thiophene rings is 1. The number of nitrogens with zero attached hydrogens (tertiary/aromatic N) is 1. The average molecular weight is 190 g/mol. The second kappa shape index (κ2) is 3.73. The molecule has 0 bridgehead atoms. The van der Waals surface area contributed by atoms with E-state index in [1.54, 1.807) is 11.3 Å². The smallest absolute Gasteiger partial charge is 0.101 e. The van der Waals surface area contributed by atoms with Crippen LogP contribution in [-0.2, 0) is 0 Å². The molecule has 1 aliphatic rings. The second-order valence-electron chi connectivity index (χ2n) is 2.96. The van der Waals surface area contributed by atoms with Crippen LogP contribution in [0.25, 0.3) is 5.57 Å². The van der Waals surface area contributed by atoms with Crippen molar-refractivity contribution in [2.45, 2.75) is 6.42 Å². The van der Waals surface area contributed by atoms with E-state index in [4.69, 9.17) is 5.26 Å². The molecule has 1 N–H and O–H groups in total. The van der Waals surface area contributed by atoms with E-state index in [9.17, 15) is 0 Å². The van der Waals surface area contributed by atoms with Gasteiger partial charge in [-0.05, 0) is 30.0 Å². The third-order valence-corrected chi connectivity index (χ3v) is 3.13. The summed E-state index contributed by atoms with van der Waals surface area (Å²) >= 11 is 1.66. The van der Waals surface area contributed by atoms with Gasteiger partial charge in [0.25, 0.3) is 0 Å². The maximum Gasteiger partial charge on any atom is 0.101 e. The third kappa shape index (κ3) is 1.64. The average Bonchev–Trinajstić information content (AvgIpc) is 2.67. The van der Waals surface area contributed by atoms with Gasteiger partial charge in [0.05, 0.1) is 5.56 Å². The fraction of sp³-hybridized carbons (Fsp3) is 0.300. The van der Waals surface area contributed by atoms with Crippen molar-refractivity contribution in [2.75, 3.05) is 13.1 Å². The Balaban J connectivity index is 2.34. The normalized spacial score (nSPS) is 16.4. The van der Waals surface area contributed by atoms with Crippen LogP contribution in [0.4, 0.5) is 0 Å². The highest BCUT2D eigenvalue weighted by molar-refractivity contribution is 7.11. The molecule has 2 heterocycles. The van der Waals surface area contributed by atoms with Crippen LogP contribution < -0.4 is 5.32 Å². The van der Waals surface area contributed by atoms with Gasteiger partial charge in [0.2, 0.25) is 0 Å². The molecule has 0 atom stereocenters. The fourth-order valence-electron chi connectivity index (χ4n) is 1.47. The van der Waals surface area contributed by atoms with Crippen molar-refractivity contribution in [1.82, 2.24) is 5.32 Å². The summed E-state index contributed by atoms with van der Waals surface area (Å²) in [6, 6.07) is 4.11. The van der Waals surface area contributed by atoms with E-state index in [-0.39, 0.29) is 0 Å². The van der Waals surface area contributed by atoms with Crippen molar-refractivity contribution in [1.29, 1.82) is 5.26 Å². The molecule has 13 heavy (non-hydrogen) atoms. The topological polar surface area (TPSA) is 35.8 Å². The highest BCUT2D eigenvalue weighted by Gasteiger charge is 2.10. The van der Waals surface area contributed by atoms with Gasteiger partial charge in [-0.1, -0.05) is 6.08 Å². The molecule has 0 aromatic carbocycles. The van der Waals surface area contributed by atoms with Gasteiger partial charge in [0.1, 0.15) is 6.07 Å². The zero-order valence-corrected chi connectivity index (χ0v) is 8.03. The van der Waals surface area contributed by atoms with Crippen LogP contribution in [0.3, 0.4) is 0 Å². The molecule has 0 aliphatic carbocycles. The number of rotatable bonds is 1. The van der Waals surface area contributed by atoms with Crippen molar-refractivity contribution in [3.8, 4) is 6.07 Å². The molecule has 0 amide bonds. The van der Waals surface area contributed by atoms with E-state index in [1.165, 1.54) is 5.57 Å². The molecule has 66 valence electrons. The third-order valence-electron chi connectivity index (χ3n) is 2.14. The van der Waals surface area contributed by atoms with Gasteiger partial charge in [-0.3, -0.25) is 0 Å². The molecule has 1 aliphatic heterocycles. The Hall–Kier alpha value is -1.11. The minimum absolute atomic E-state index is 0.818. The molecule has 3 heteroatoms. The maximum atomic E-state index is 8.85. The molecule has 1 aromatic heterocycles. The fourth-order valence-corrected chi connectivity index (χ4v) is 2.39. The van der Waals surface area contributed by atoms with Gasteiger partial charge in [-0.25, -0.2) is 0 Å². The molecular weight excluding hydrogens is 180 g/mol. The first kappa shape index (κ1) is 8.49. The summed E-state index contributed by atoms with van der Waals surface area (Å²) in [7, 11) is 0. The summed E-state index contributed by atoms with van der Waals surface area (Å²) in [6.45, 7) is 1.95. The summed E-state index contributed by atoms with van der Waals surface area (Å²) < 4.78 is 0. The van der Waals surface area contributed by atoms with Gasteiger partial charge in [-0.15, -0.1) is 11.3 Å². The molecule has 2 nitrogen and oxygen atoms in total. The Morgan fingerprint density at radius 3 is 3.15 bits per heavy atom. The van der Waals surface area contributed by atoms with Crippen molar-refractivity contribution >= 4 is 16.9 Å². The van der Waals surface area contributed by atoms with Crippen LogP contribution in [0.1, 0.15) is 16.9 Å². The number of hydrogen-bond acceptors (Lipinski definition) is 3. The maximum absolute atomic E-state index is 8.85. The second-order valence-corrected chi connectivity index (χ2v) is 3.87. The van der Waals surface area contributed by atoms with E-state index in [1.807, 2.05) is 11.4 Å². The van der Waals surface area contributed by atoms with E-state index in [2.05, 4.69) is 17.5 Å². The van der Waals surface area contributed by atoms with E-state index in [0.717, 1.165) is 30.0 Å². The molecular formula is C10H10N2S. The van der Waals surface area contributed by atoms with Crippen LogP contribution in [0.15, 0.2) is 17.5 Å².